The predicted molar refractivity (Wildman–Crippen MR) is 117 cm³/mol. The quantitative estimate of drug-likeness (QED) is 0.286. The first-order chi connectivity index (χ1) is 14.7. The molecule has 0 saturated heterocycles. The smallest absolute Gasteiger partial charge is 0.277 e. The topological polar surface area (TPSA) is 65.2 Å². The van der Waals surface area contributed by atoms with E-state index in [1.165, 1.54) is 11.8 Å². The van der Waals surface area contributed by atoms with Crippen LogP contribution in [0.3, 0.4) is 0 Å². The number of carbonyl (C=O) groups excluding carboxylic acids is 1. The fourth-order valence-electron chi connectivity index (χ4n) is 2.98. The maximum atomic E-state index is 12.5. The fourth-order valence-corrected chi connectivity index (χ4v) is 3.65. The maximum absolute atomic E-state index is 12.5. The Balaban J connectivity index is 1.32. The van der Waals surface area contributed by atoms with E-state index in [4.69, 9.17) is 9.15 Å². The van der Waals surface area contributed by atoms with Crippen molar-refractivity contribution in [2.24, 2.45) is 0 Å². The van der Waals surface area contributed by atoms with Gasteiger partial charge in [-0.25, -0.2) is 0 Å². The minimum atomic E-state index is 0.0227. The van der Waals surface area contributed by atoms with Crippen LogP contribution in [0.4, 0.5) is 0 Å². The van der Waals surface area contributed by atoms with Crippen LogP contribution in [0.15, 0.2) is 88.5 Å². The van der Waals surface area contributed by atoms with Gasteiger partial charge < -0.3 is 9.15 Å². The van der Waals surface area contributed by atoms with Crippen molar-refractivity contribution in [2.75, 3.05) is 12.9 Å². The first kappa shape index (κ1) is 19.9. The van der Waals surface area contributed by atoms with Gasteiger partial charge in [-0.15, -0.1) is 10.2 Å². The van der Waals surface area contributed by atoms with Gasteiger partial charge >= 0.3 is 0 Å². The Morgan fingerprint density at radius 2 is 1.60 bits per heavy atom. The first-order valence-corrected chi connectivity index (χ1v) is 10.5. The lowest BCUT2D eigenvalue weighted by atomic mass is 10.0. The number of ether oxygens (including phenoxy) is 1. The highest BCUT2D eigenvalue weighted by atomic mass is 32.2. The molecule has 5 nitrogen and oxygen atoms in total. The average molecular weight is 417 g/mol. The molecule has 0 aliphatic heterocycles. The molecule has 0 amide bonds. The van der Waals surface area contributed by atoms with Crippen LogP contribution in [0.25, 0.3) is 11.1 Å². The molecule has 30 heavy (non-hydrogen) atoms. The van der Waals surface area contributed by atoms with Crippen LogP contribution in [0.1, 0.15) is 21.8 Å². The maximum Gasteiger partial charge on any atom is 0.277 e. The molecule has 1 aromatic heterocycles. The third-order valence-corrected chi connectivity index (χ3v) is 5.42. The molecule has 1 heterocycles. The number of rotatable bonds is 8. The average Bonchev–Trinajstić information content (AvgIpc) is 3.26. The molecule has 3 aromatic carbocycles. The van der Waals surface area contributed by atoms with Crippen LogP contribution in [0.2, 0.25) is 0 Å². The first-order valence-electron chi connectivity index (χ1n) is 9.48. The summed E-state index contributed by atoms with van der Waals surface area (Å²) >= 11 is 1.25. The molecule has 0 N–H and O–H groups in total. The second kappa shape index (κ2) is 9.41. The van der Waals surface area contributed by atoms with Gasteiger partial charge in [-0.05, 0) is 28.8 Å². The van der Waals surface area contributed by atoms with Crippen molar-refractivity contribution < 1.29 is 13.9 Å². The zero-order valence-electron chi connectivity index (χ0n) is 16.4. The van der Waals surface area contributed by atoms with Gasteiger partial charge in [0.15, 0.2) is 5.78 Å². The van der Waals surface area contributed by atoms with Gasteiger partial charge in [0.1, 0.15) is 5.75 Å². The van der Waals surface area contributed by atoms with E-state index in [2.05, 4.69) is 10.2 Å². The predicted octanol–water partition coefficient (Wildman–Crippen LogP) is 5.31. The van der Waals surface area contributed by atoms with Crippen molar-refractivity contribution >= 4 is 17.5 Å². The van der Waals surface area contributed by atoms with E-state index in [0.717, 1.165) is 22.4 Å². The Morgan fingerprint density at radius 3 is 2.30 bits per heavy atom. The molecule has 0 spiro atoms. The zero-order valence-corrected chi connectivity index (χ0v) is 17.3. The summed E-state index contributed by atoms with van der Waals surface area (Å²) in [5, 5.41) is 8.50. The second-order valence-corrected chi connectivity index (χ2v) is 7.57. The van der Waals surface area contributed by atoms with E-state index >= 15 is 0 Å². The highest BCUT2D eigenvalue weighted by Crippen LogP contribution is 2.22. The van der Waals surface area contributed by atoms with E-state index in [9.17, 15) is 4.79 Å². The summed E-state index contributed by atoms with van der Waals surface area (Å²) in [6.07, 6.45) is 0.534. The summed E-state index contributed by atoms with van der Waals surface area (Å²) in [6, 6.07) is 25.4. The molecule has 0 fully saturated rings. The highest BCUT2D eigenvalue weighted by Gasteiger charge is 2.12. The number of aromatic nitrogens is 2. The number of carbonyl (C=O) groups is 1. The molecule has 4 rings (SSSR count). The van der Waals surface area contributed by atoms with Gasteiger partial charge in [-0.3, -0.25) is 4.79 Å². The molecule has 6 heteroatoms. The van der Waals surface area contributed by atoms with Crippen molar-refractivity contribution in [3.63, 3.8) is 0 Å². The van der Waals surface area contributed by atoms with E-state index < -0.39 is 0 Å². The molecule has 0 aliphatic rings. The van der Waals surface area contributed by atoms with Gasteiger partial charge in [0.2, 0.25) is 5.89 Å². The number of Topliss-reactive ketones (excluding diaryl/α,β-unsaturated/α-hetero) is 1. The number of methoxy groups -OCH3 is 1. The number of nitrogens with zero attached hydrogens (tertiary/aromatic N) is 2. The Morgan fingerprint density at radius 1 is 0.900 bits per heavy atom. The van der Waals surface area contributed by atoms with E-state index in [1.807, 2.05) is 78.9 Å². The summed E-state index contributed by atoms with van der Waals surface area (Å²) in [7, 11) is 1.63. The lowest BCUT2D eigenvalue weighted by molar-refractivity contribution is 0.102. The lowest BCUT2D eigenvalue weighted by Gasteiger charge is -2.03. The summed E-state index contributed by atoms with van der Waals surface area (Å²) < 4.78 is 10.8. The standard InChI is InChI=1S/C24H20N2O3S/c1-28-21-13-7-17(8-14-21)15-23-25-26-24(29-23)30-16-22(27)20-11-9-19(10-12-20)18-5-3-2-4-6-18/h2-14H,15-16H2,1H3. The number of benzene rings is 3. The third kappa shape index (κ3) is 4.96. The highest BCUT2D eigenvalue weighted by molar-refractivity contribution is 7.99. The molecule has 4 aromatic rings. The van der Waals surface area contributed by atoms with Crippen molar-refractivity contribution in [3.05, 3.63) is 95.9 Å². The number of ketones is 1. The number of hydrogen-bond donors (Lipinski definition) is 0. The van der Waals surface area contributed by atoms with E-state index in [0.29, 0.717) is 23.1 Å². The fraction of sp³-hybridized carbons (Fsp3) is 0.125. The van der Waals surface area contributed by atoms with Gasteiger partial charge in [-0.1, -0.05) is 78.5 Å². The van der Waals surface area contributed by atoms with Gasteiger partial charge in [0, 0.05) is 5.56 Å². The van der Waals surface area contributed by atoms with E-state index in [1.54, 1.807) is 7.11 Å². The lowest BCUT2D eigenvalue weighted by Crippen LogP contribution is -2.02. The molecule has 0 unspecified atom stereocenters. The Hall–Kier alpha value is -3.38. The molecule has 0 atom stereocenters. The SMILES string of the molecule is COc1ccc(Cc2nnc(SCC(=O)c3ccc(-c4ccccc4)cc3)o2)cc1. The molecular formula is C24H20N2O3S. The van der Waals surface area contributed by atoms with Crippen LogP contribution in [0.5, 0.6) is 5.75 Å². The van der Waals surface area contributed by atoms with Gasteiger partial charge in [0.25, 0.3) is 5.22 Å². The minimum absolute atomic E-state index is 0.0227. The van der Waals surface area contributed by atoms with E-state index in [-0.39, 0.29) is 11.5 Å². The van der Waals surface area contributed by atoms with Crippen LogP contribution in [-0.4, -0.2) is 28.8 Å². The van der Waals surface area contributed by atoms with Crippen LogP contribution in [0, 0.1) is 0 Å². The molecule has 0 saturated carbocycles. The Kier molecular flexibility index (Phi) is 6.25. The Labute approximate surface area is 179 Å². The van der Waals surface area contributed by atoms with Crippen LogP contribution < -0.4 is 4.74 Å². The molecule has 150 valence electrons. The van der Waals surface area contributed by atoms with Crippen molar-refractivity contribution in [1.82, 2.24) is 10.2 Å². The molecule has 0 aliphatic carbocycles. The van der Waals surface area contributed by atoms with Crippen molar-refractivity contribution in [2.45, 2.75) is 11.6 Å². The zero-order chi connectivity index (χ0) is 20.8. The van der Waals surface area contributed by atoms with Crippen molar-refractivity contribution in [3.8, 4) is 16.9 Å². The van der Waals surface area contributed by atoms with Gasteiger partial charge in [-0.2, -0.15) is 0 Å². The second-order valence-electron chi connectivity index (χ2n) is 6.64. The monoisotopic (exact) mass is 416 g/mol. The number of hydrogen-bond acceptors (Lipinski definition) is 6. The molecule has 0 radical (unpaired) electrons. The normalized spacial score (nSPS) is 10.7. The summed E-state index contributed by atoms with van der Waals surface area (Å²) in [5.74, 6) is 1.59. The van der Waals surface area contributed by atoms with Gasteiger partial charge in [0.05, 0.1) is 19.3 Å². The van der Waals surface area contributed by atoms with Crippen molar-refractivity contribution in [1.29, 1.82) is 0 Å². The minimum Gasteiger partial charge on any atom is -0.497 e. The molecular weight excluding hydrogens is 396 g/mol. The van der Waals surface area contributed by atoms with Crippen LogP contribution in [-0.2, 0) is 6.42 Å². The summed E-state index contributed by atoms with van der Waals surface area (Å²) in [5.41, 5.74) is 3.92. The van der Waals surface area contributed by atoms with Crippen LogP contribution >= 0.6 is 11.8 Å². The number of thioether (sulfide) groups is 1. The largest absolute Gasteiger partial charge is 0.497 e. The summed E-state index contributed by atoms with van der Waals surface area (Å²) in [4.78, 5) is 12.5. The molecule has 0 bridgehead atoms. The Bertz CT molecular complexity index is 1110. The summed E-state index contributed by atoms with van der Waals surface area (Å²) in [6.45, 7) is 0. The third-order valence-electron chi connectivity index (χ3n) is 4.60.